The van der Waals surface area contributed by atoms with Crippen molar-refractivity contribution in [3.8, 4) is 28.1 Å². The van der Waals surface area contributed by atoms with Gasteiger partial charge < -0.3 is 15.0 Å². The summed E-state index contributed by atoms with van der Waals surface area (Å²) in [6.07, 6.45) is -2.04. The van der Waals surface area contributed by atoms with E-state index in [1.807, 2.05) is 13.0 Å². The zero-order valence-electron chi connectivity index (χ0n) is 16.1. The lowest BCUT2D eigenvalue weighted by atomic mass is 9.96. The Labute approximate surface area is 166 Å². The van der Waals surface area contributed by atoms with Gasteiger partial charge in [-0.2, -0.15) is 13.2 Å². The van der Waals surface area contributed by atoms with Crippen LogP contribution in [-0.4, -0.2) is 24.5 Å². The van der Waals surface area contributed by atoms with E-state index < -0.39 is 11.7 Å². The van der Waals surface area contributed by atoms with Crippen molar-refractivity contribution < 1.29 is 22.7 Å². The van der Waals surface area contributed by atoms with Crippen LogP contribution in [0.15, 0.2) is 54.7 Å². The molecule has 0 bridgehead atoms. The van der Waals surface area contributed by atoms with Crippen LogP contribution in [0.25, 0.3) is 22.4 Å². The molecule has 29 heavy (non-hydrogen) atoms. The molecule has 0 spiro atoms. The smallest absolute Gasteiger partial charge is 0.416 e. The highest BCUT2D eigenvalue weighted by Gasteiger charge is 2.30. The minimum Gasteiger partial charge on any atom is -0.497 e. The molecule has 1 aromatic heterocycles. The molecule has 2 aromatic carbocycles. The van der Waals surface area contributed by atoms with Crippen LogP contribution in [0.2, 0.25) is 0 Å². The molecule has 0 radical (unpaired) electrons. The molecule has 0 fully saturated rings. The van der Waals surface area contributed by atoms with Crippen molar-refractivity contribution in [2.75, 3.05) is 13.7 Å². The fourth-order valence-corrected chi connectivity index (χ4v) is 3.07. The average molecular weight is 402 g/mol. The highest BCUT2D eigenvalue weighted by molar-refractivity contribution is 6.04. The topological polar surface area (TPSA) is 54.1 Å². The Kier molecular flexibility index (Phi) is 5.96. The highest BCUT2D eigenvalue weighted by atomic mass is 19.4. The number of carbonyl (C=O) groups excluding carboxylic acids is 1. The number of ether oxygens (including phenoxy) is 1. The minimum atomic E-state index is -4.41. The average Bonchev–Trinajstić information content (AvgIpc) is 3.16. The van der Waals surface area contributed by atoms with Crippen molar-refractivity contribution in [1.29, 1.82) is 0 Å². The van der Waals surface area contributed by atoms with Gasteiger partial charge in [-0.3, -0.25) is 4.79 Å². The lowest BCUT2D eigenvalue weighted by Gasteiger charge is -2.11. The van der Waals surface area contributed by atoms with Crippen LogP contribution >= 0.6 is 0 Å². The molecule has 0 aliphatic rings. The Morgan fingerprint density at radius 1 is 1.10 bits per heavy atom. The molecule has 1 amide bonds. The van der Waals surface area contributed by atoms with E-state index in [-0.39, 0.29) is 5.91 Å². The number of H-pyrrole nitrogens is 1. The molecule has 0 unspecified atom stereocenters. The summed E-state index contributed by atoms with van der Waals surface area (Å²) in [6, 6.07) is 12.0. The fourth-order valence-electron chi connectivity index (χ4n) is 3.07. The Morgan fingerprint density at radius 2 is 1.83 bits per heavy atom. The first-order valence-electron chi connectivity index (χ1n) is 9.16. The largest absolute Gasteiger partial charge is 0.497 e. The van der Waals surface area contributed by atoms with Gasteiger partial charge in [0.2, 0.25) is 0 Å². The molecule has 0 aliphatic heterocycles. The number of methoxy groups -OCH3 is 1. The number of nitrogens with one attached hydrogen (secondary N) is 2. The van der Waals surface area contributed by atoms with Gasteiger partial charge in [0, 0.05) is 18.3 Å². The van der Waals surface area contributed by atoms with Crippen molar-refractivity contribution in [2.24, 2.45) is 0 Å². The van der Waals surface area contributed by atoms with Crippen LogP contribution in [0.4, 0.5) is 13.2 Å². The van der Waals surface area contributed by atoms with E-state index in [1.165, 1.54) is 12.1 Å². The summed E-state index contributed by atoms with van der Waals surface area (Å²) in [4.78, 5) is 15.7. The van der Waals surface area contributed by atoms with Gasteiger partial charge in [-0.05, 0) is 41.8 Å². The van der Waals surface area contributed by atoms with Gasteiger partial charge in [-0.1, -0.05) is 31.2 Å². The zero-order valence-corrected chi connectivity index (χ0v) is 16.1. The van der Waals surface area contributed by atoms with Gasteiger partial charge in [-0.15, -0.1) is 0 Å². The number of aromatic amines is 1. The molecule has 7 heteroatoms. The highest BCUT2D eigenvalue weighted by Crippen LogP contribution is 2.37. The van der Waals surface area contributed by atoms with Gasteiger partial charge >= 0.3 is 6.18 Å². The van der Waals surface area contributed by atoms with Gasteiger partial charge in [0.05, 0.1) is 23.9 Å². The maximum atomic E-state index is 12.9. The summed E-state index contributed by atoms with van der Waals surface area (Å²) in [5.41, 5.74) is 2.14. The number of carbonyl (C=O) groups is 1. The molecular weight excluding hydrogens is 381 g/mol. The Balaban J connectivity index is 2.12. The van der Waals surface area contributed by atoms with E-state index in [1.54, 1.807) is 31.5 Å². The molecule has 3 aromatic rings. The van der Waals surface area contributed by atoms with Crippen molar-refractivity contribution in [3.05, 3.63) is 65.9 Å². The van der Waals surface area contributed by atoms with Gasteiger partial charge in [0.25, 0.3) is 5.91 Å². The number of halogens is 3. The van der Waals surface area contributed by atoms with Crippen molar-refractivity contribution >= 4 is 5.91 Å². The van der Waals surface area contributed by atoms with Crippen molar-refractivity contribution in [1.82, 2.24) is 10.3 Å². The first kappa shape index (κ1) is 20.5. The maximum absolute atomic E-state index is 12.9. The molecular formula is C22H21F3N2O2. The molecule has 2 N–H and O–H groups in total. The minimum absolute atomic E-state index is 0.251. The van der Waals surface area contributed by atoms with Crippen molar-refractivity contribution in [3.63, 3.8) is 0 Å². The number of rotatable bonds is 6. The number of alkyl halides is 3. The van der Waals surface area contributed by atoms with E-state index in [0.717, 1.165) is 24.1 Å². The first-order chi connectivity index (χ1) is 13.8. The monoisotopic (exact) mass is 402 g/mol. The second kappa shape index (κ2) is 8.43. The Hall–Kier alpha value is -3.22. The molecule has 0 saturated carbocycles. The third kappa shape index (κ3) is 4.45. The molecule has 0 saturated heterocycles. The van der Waals surface area contributed by atoms with E-state index in [4.69, 9.17) is 4.74 Å². The summed E-state index contributed by atoms with van der Waals surface area (Å²) in [5.74, 6) is 0.362. The van der Waals surface area contributed by atoms with E-state index >= 15 is 0 Å². The number of aromatic nitrogens is 1. The molecule has 0 atom stereocenters. The quantitative estimate of drug-likeness (QED) is 0.571. The predicted octanol–water partition coefficient (Wildman–Crippen LogP) is 5.52. The summed E-state index contributed by atoms with van der Waals surface area (Å²) in [5, 5.41) is 2.84. The van der Waals surface area contributed by atoms with E-state index in [0.29, 0.717) is 34.7 Å². The Morgan fingerprint density at radius 3 is 2.45 bits per heavy atom. The Bertz CT molecular complexity index is 992. The second-order valence-corrected chi connectivity index (χ2v) is 6.52. The summed E-state index contributed by atoms with van der Waals surface area (Å²) < 4.78 is 44.0. The zero-order chi connectivity index (χ0) is 21.0. The predicted molar refractivity (Wildman–Crippen MR) is 106 cm³/mol. The first-order valence-corrected chi connectivity index (χ1v) is 9.16. The number of benzene rings is 2. The van der Waals surface area contributed by atoms with E-state index in [9.17, 15) is 18.0 Å². The summed E-state index contributed by atoms with van der Waals surface area (Å²) >= 11 is 0. The van der Waals surface area contributed by atoms with Crippen LogP contribution in [-0.2, 0) is 6.18 Å². The standard InChI is InChI=1S/C22H21F3N2O2/c1-3-11-26-21(28)18-13-27-20(14-7-9-16(10-8-14)22(23,24)25)19(18)15-5-4-6-17(12-15)29-2/h4-10,12-13,27H,3,11H2,1-2H3,(H,26,28). The van der Waals surface area contributed by atoms with Gasteiger partial charge in [0.1, 0.15) is 5.75 Å². The van der Waals surface area contributed by atoms with Gasteiger partial charge in [-0.25, -0.2) is 0 Å². The van der Waals surface area contributed by atoms with Crippen LogP contribution in [0.5, 0.6) is 5.75 Å². The molecule has 4 nitrogen and oxygen atoms in total. The van der Waals surface area contributed by atoms with Crippen molar-refractivity contribution in [2.45, 2.75) is 19.5 Å². The number of hydrogen-bond donors (Lipinski definition) is 2. The number of amides is 1. The van der Waals surface area contributed by atoms with Crippen LogP contribution in [0.3, 0.4) is 0 Å². The maximum Gasteiger partial charge on any atom is 0.416 e. The van der Waals surface area contributed by atoms with Gasteiger partial charge in [0.15, 0.2) is 0 Å². The fraction of sp³-hybridized carbons (Fsp3) is 0.227. The SMILES string of the molecule is CCCNC(=O)c1c[nH]c(-c2ccc(C(F)(F)F)cc2)c1-c1cccc(OC)c1. The molecule has 3 rings (SSSR count). The molecule has 0 aliphatic carbocycles. The third-order valence-electron chi connectivity index (χ3n) is 4.52. The lowest BCUT2D eigenvalue weighted by Crippen LogP contribution is -2.24. The summed E-state index contributed by atoms with van der Waals surface area (Å²) in [6.45, 7) is 2.48. The third-order valence-corrected chi connectivity index (χ3v) is 4.52. The molecule has 1 heterocycles. The molecule has 152 valence electrons. The van der Waals surface area contributed by atoms with Crippen LogP contribution < -0.4 is 10.1 Å². The normalized spacial score (nSPS) is 11.3. The lowest BCUT2D eigenvalue weighted by molar-refractivity contribution is -0.137. The van der Waals surface area contributed by atoms with Crippen LogP contribution in [0, 0.1) is 0 Å². The summed E-state index contributed by atoms with van der Waals surface area (Å²) in [7, 11) is 1.54. The second-order valence-electron chi connectivity index (χ2n) is 6.52. The van der Waals surface area contributed by atoms with E-state index in [2.05, 4.69) is 10.3 Å². The van der Waals surface area contributed by atoms with Crippen LogP contribution in [0.1, 0.15) is 29.3 Å². The number of hydrogen-bond acceptors (Lipinski definition) is 2.